The van der Waals surface area contributed by atoms with Gasteiger partial charge >= 0.3 is 0 Å². The number of nitrogens with one attached hydrogen (secondary N) is 1. The summed E-state index contributed by atoms with van der Waals surface area (Å²) in [5, 5.41) is 4.73. The maximum absolute atomic E-state index is 12.6. The first kappa shape index (κ1) is 15.7. The molecule has 3 aromatic heterocycles. The highest BCUT2D eigenvalue weighted by Gasteiger charge is 2.33. The number of aromatic amines is 1. The normalized spacial score (nSPS) is 20.8. The van der Waals surface area contributed by atoms with E-state index in [2.05, 4.69) is 34.0 Å². The first-order valence-electron chi connectivity index (χ1n) is 8.50. The predicted molar refractivity (Wildman–Crippen MR) is 94.5 cm³/mol. The number of fused-ring (bicyclic) bond motifs is 1. The number of likely N-dealkylation sites (tertiary alicyclic amines) is 1. The molecule has 25 heavy (non-hydrogen) atoms. The quantitative estimate of drug-likeness (QED) is 0.793. The first-order chi connectivity index (χ1) is 12.1. The number of pyridine rings is 1. The summed E-state index contributed by atoms with van der Waals surface area (Å²) in [5.41, 5.74) is 2.00. The summed E-state index contributed by atoms with van der Waals surface area (Å²) < 4.78 is 5.04. The van der Waals surface area contributed by atoms with Crippen molar-refractivity contribution in [2.24, 2.45) is 5.92 Å². The zero-order valence-electron chi connectivity index (χ0n) is 14.3. The van der Waals surface area contributed by atoms with Crippen LogP contribution in [-0.4, -0.2) is 52.1 Å². The van der Waals surface area contributed by atoms with Gasteiger partial charge in [-0.25, -0.2) is 4.98 Å². The Morgan fingerprint density at radius 2 is 2.24 bits per heavy atom. The van der Waals surface area contributed by atoms with Crippen LogP contribution in [0.4, 0.5) is 5.69 Å². The SMILES string of the molecule is C[C@@H]1CCN(C(=O)c2ccno2)C[C@@H]1N(C)c1ccnc2[nH]ccc12. The Morgan fingerprint density at radius 3 is 3.04 bits per heavy atom. The van der Waals surface area contributed by atoms with Gasteiger partial charge in [0.15, 0.2) is 0 Å². The number of aromatic nitrogens is 3. The van der Waals surface area contributed by atoms with Crippen molar-refractivity contribution < 1.29 is 9.32 Å². The largest absolute Gasteiger partial charge is 0.369 e. The minimum Gasteiger partial charge on any atom is -0.369 e. The molecule has 1 aliphatic rings. The molecule has 0 aromatic carbocycles. The highest BCUT2D eigenvalue weighted by Crippen LogP contribution is 2.30. The molecular formula is C18H21N5O2. The van der Waals surface area contributed by atoms with E-state index >= 15 is 0 Å². The van der Waals surface area contributed by atoms with Crippen molar-refractivity contribution in [1.29, 1.82) is 0 Å². The number of likely N-dealkylation sites (N-methyl/N-ethyl adjacent to an activating group) is 1. The van der Waals surface area contributed by atoms with Crippen LogP contribution < -0.4 is 4.90 Å². The van der Waals surface area contributed by atoms with E-state index in [9.17, 15) is 4.79 Å². The second-order valence-corrected chi connectivity index (χ2v) is 6.64. The van der Waals surface area contributed by atoms with Gasteiger partial charge in [0.05, 0.1) is 6.20 Å². The van der Waals surface area contributed by atoms with Crippen LogP contribution in [0.25, 0.3) is 11.0 Å². The predicted octanol–water partition coefficient (Wildman–Crippen LogP) is 2.54. The molecule has 4 heterocycles. The van der Waals surface area contributed by atoms with Gasteiger partial charge in [0.1, 0.15) is 5.65 Å². The van der Waals surface area contributed by atoms with Gasteiger partial charge in [-0.1, -0.05) is 12.1 Å². The van der Waals surface area contributed by atoms with Crippen LogP contribution >= 0.6 is 0 Å². The molecule has 1 aliphatic heterocycles. The van der Waals surface area contributed by atoms with Crippen molar-refractivity contribution >= 4 is 22.6 Å². The van der Waals surface area contributed by atoms with Gasteiger partial charge in [0, 0.05) is 55.7 Å². The average Bonchev–Trinajstić information content (AvgIpc) is 3.32. The van der Waals surface area contributed by atoms with E-state index in [1.165, 1.54) is 6.20 Å². The average molecular weight is 339 g/mol. The standard InChI is InChI=1S/C18H21N5O2/c1-12-6-10-23(18(24)16-5-9-21-25-16)11-15(12)22(2)14-4-8-20-17-13(14)3-7-19-17/h3-5,7-9,12,15H,6,10-11H2,1-2H3,(H,19,20)/t12-,15+/m1/s1. The molecule has 2 atom stereocenters. The molecule has 0 spiro atoms. The van der Waals surface area contributed by atoms with Crippen LogP contribution in [0.1, 0.15) is 23.9 Å². The molecule has 1 amide bonds. The molecule has 0 radical (unpaired) electrons. The van der Waals surface area contributed by atoms with E-state index in [-0.39, 0.29) is 11.9 Å². The van der Waals surface area contributed by atoms with Gasteiger partial charge in [-0.15, -0.1) is 0 Å². The summed E-state index contributed by atoms with van der Waals surface area (Å²) in [6.45, 7) is 3.64. The lowest BCUT2D eigenvalue weighted by Gasteiger charge is -2.42. The summed E-state index contributed by atoms with van der Waals surface area (Å²) in [6, 6.07) is 5.91. The third-order valence-electron chi connectivity index (χ3n) is 5.17. The summed E-state index contributed by atoms with van der Waals surface area (Å²) >= 11 is 0. The maximum atomic E-state index is 12.6. The Morgan fingerprint density at radius 1 is 1.36 bits per heavy atom. The lowest BCUT2D eigenvalue weighted by atomic mass is 9.91. The number of H-pyrrole nitrogens is 1. The van der Waals surface area contributed by atoms with Crippen molar-refractivity contribution in [3.05, 3.63) is 42.5 Å². The van der Waals surface area contributed by atoms with E-state index in [0.717, 1.165) is 29.7 Å². The van der Waals surface area contributed by atoms with Gasteiger partial charge in [-0.3, -0.25) is 4.79 Å². The zero-order chi connectivity index (χ0) is 17.4. The molecule has 4 rings (SSSR count). The van der Waals surface area contributed by atoms with Gasteiger partial charge in [-0.2, -0.15) is 0 Å². The van der Waals surface area contributed by atoms with E-state index in [1.54, 1.807) is 6.07 Å². The second-order valence-electron chi connectivity index (χ2n) is 6.64. The van der Waals surface area contributed by atoms with Crippen LogP contribution in [0.3, 0.4) is 0 Å². The number of nitrogens with zero attached hydrogens (tertiary/aromatic N) is 4. The fourth-order valence-corrected chi connectivity index (χ4v) is 3.65. The number of hydrogen-bond acceptors (Lipinski definition) is 5. The number of piperidine rings is 1. The highest BCUT2D eigenvalue weighted by atomic mass is 16.5. The van der Waals surface area contributed by atoms with E-state index < -0.39 is 0 Å². The smallest absolute Gasteiger partial charge is 0.292 e. The number of carbonyl (C=O) groups excluding carboxylic acids is 1. The monoisotopic (exact) mass is 339 g/mol. The number of rotatable bonds is 3. The van der Waals surface area contributed by atoms with Crippen LogP contribution in [0, 0.1) is 5.92 Å². The van der Waals surface area contributed by atoms with Gasteiger partial charge in [0.2, 0.25) is 5.76 Å². The van der Waals surface area contributed by atoms with Crippen LogP contribution in [-0.2, 0) is 0 Å². The number of hydrogen-bond donors (Lipinski definition) is 1. The van der Waals surface area contributed by atoms with Crippen LogP contribution in [0.2, 0.25) is 0 Å². The maximum Gasteiger partial charge on any atom is 0.292 e. The molecule has 0 aliphatic carbocycles. The van der Waals surface area contributed by atoms with Crippen molar-refractivity contribution in [3.63, 3.8) is 0 Å². The van der Waals surface area contributed by atoms with E-state index in [1.807, 2.05) is 29.4 Å². The molecule has 7 nitrogen and oxygen atoms in total. The zero-order valence-corrected chi connectivity index (χ0v) is 14.3. The molecule has 0 saturated carbocycles. The van der Waals surface area contributed by atoms with Crippen molar-refractivity contribution in [2.75, 3.05) is 25.0 Å². The van der Waals surface area contributed by atoms with Crippen LogP contribution in [0.15, 0.2) is 41.3 Å². The van der Waals surface area contributed by atoms with Gasteiger partial charge in [0.25, 0.3) is 5.91 Å². The van der Waals surface area contributed by atoms with E-state index in [4.69, 9.17) is 4.52 Å². The fourth-order valence-electron chi connectivity index (χ4n) is 3.65. The lowest BCUT2D eigenvalue weighted by Crippen LogP contribution is -2.52. The molecule has 7 heteroatoms. The lowest BCUT2D eigenvalue weighted by molar-refractivity contribution is 0.0628. The van der Waals surface area contributed by atoms with E-state index in [0.29, 0.717) is 18.2 Å². The Hall–Kier alpha value is -2.83. The second kappa shape index (κ2) is 6.23. The van der Waals surface area contributed by atoms with Gasteiger partial charge in [-0.05, 0) is 24.5 Å². The third kappa shape index (κ3) is 2.75. The first-order valence-corrected chi connectivity index (χ1v) is 8.50. The van der Waals surface area contributed by atoms with Gasteiger partial charge < -0.3 is 19.3 Å². The summed E-state index contributed by atoms with van der Waals surface area (Å²) in [5.74, 6) is 0.683. The minimum atomic E-state index is -0.0932. The number of amides is 1. The fraction of sp³-hybridized carbons (Fsp3) is 0.389. The minimum absolute atomic E-state index is 0.0932. The molecular weight excluding hydrogens is 318 g/mol. The molecule has 3 aromatic rings. The summed E-state index contributed by atoms with van der Waals surface area (Å²) in [6.07, 6.45) is 6.17. The van der Waals surface area contributed by atoms with Crippen molar-refractivity contribution in [3.8, 4) is 0 Å². The third-order valence-corrected chi connectivity index (χ3v) is 5.17. The molecule has 130 valence electrons. The molecule has 0 unspecified atom stereocenters. The van der Waals surface area contributed by atoms with Crippen LogP contribution in [0.5, 0.6) is 0 Å². The number of carbonyl (C=O) groups is 1. The summed E-state index contributed by atoms with van der Waals surface area (Å²) in [4.78, 5) is 24.2. The summed E-state index contributed by atoms with van der Waals surface area (Å²) in [7, 11) is 2.09. The highest BCUT2D eigenvalue weighted by molar-refractivity contribution is 5.92. The number of anilines is 1. The topological polar surface area (TPSA) is 78.3 Å². The Balaban J connectivity index is 1.59. The van der Waals surface area contributed by atoms with Crippen molar-refractivity contribution in [1.82, 2.24) is 20.0 Å². The molecule has 1 fully saturated rings. The van der Waals surface area contributed by atoms with Crippen molar-refractivity contribution in [2.45, 2.75) is 19.4 Å². The Labute approximate surface area is 145 Å². The molecule has 0 bridgehead atoms. The Kier molecular flexibility index (Phi) is 3.91. The molecule has 1 N–H and O–H groups in total. The molecule has 1 saturated heterocycles. The Bertz CT molecular complexity index is 873.